The maximum absolute atomic E-state index is 10.1. The van der Waals surface area contributed by atoms with Crippen LogP contribution in [0, 0.1) is 6.92 Å². The lowest BCUT2D eigenvalue weighted by Crippen LogP contribution is -2.09. The highest BCUT2D eigenvalue weighted by atomic mass is 35.5. The fourth-order valence-corrected chi connectivity index (χ4v) is 0.969. The molecule has 4 nitrogen and oxygen atoms in total. The molecular formula is C9H9ClO4. The number of halogens is 1. The maximum atomic E-state index is 10.1. The predicted molar refractivity (Wildman–Crippen MR) is 50.4 cm³/mol. The van der Waals surface area contributed by atoms with E-state index in [1.165, 1.54) is 0 Å². The molecule has 1 aromatic rings. The van der Waals surface area contributed by atoms with Crippen molar-refractivity contribution in [2.75, 3.05) is 6.61 Å². The molecular weight excluding hydrogens is 208 g/mol. The summed E-state index contributed by atoms with van der Waals surface area (Å²) in [5, 5.41) is 8.79. The van der Waals surface area contributed by atoms with Crippen LogP contribution >= 0.6 is 11.6 Å². The van der Waals surface area contributed by atoms with Crippen LogP contribution in [-0.2, 0) is 9.68 Å². The van der Waals surface area contributed by atoms with E-state index in [1.54, 1.807) is 25.1 Å². The Morgan fingerprint density at radius 3 is 2.93 bits per heavy atom. The molecule has 0 spiro atoms. The van der Waals surface area contributed by atoms with Crippen molar-refractivity contribution in [1.82, 2.24) is 0 Å². The molecule has 0 saturated heterocycles. The fraction of sp³-hybridized carbons (Fsp3) is 0.222. The Balaban J connectivity index is 2.57. The second-order valence-electron chi connectivity index (χ2n) is 2.65. The molecule has 14 heavy (non-hydrogen) atoms. The zero-order valence-electron chi connectivity index (χ0n) is 7.49. The Morgan fingerprint density at radius 2 is 2.29 bits per heavy atom. The third kappa shape index (κ3) is 3.24. The van der Waals surface area contributed by atoms with Crippen molar-refractivity contribution >= 4 is 17.6 Å². The van der Waals surface area contributed by atoms with Crippen molar-refractivity contribution in [2.24, 2.45) is 0 Å². The lowest BCUT2D eigenvalue weighted by atomic mass is 10.2. The average molecular weight is 217 g/mol. The zero-order chi connectivity index (χ0) is 10.6. The SMILES string of the molecule is Cc1ccc(Cl)cc1OOCC(=O)O. The van der Waals surface area contributed by atoms with E-state index in [4.69, 9.17) is 21.6 Å². The minimum Gasteiger partial charge on any atom is -0.479 e. The highest BCUT2D eigenvalue weighted by Gasteiger charge is 2.03. The summed E-state index contributed by atoms with van der Waals surface area (Å²) in [6.45, 7) is 1.29. The van der Waals surface area contributed by atoms with Gasteiger partial charge in [-0.1, -0.05) is 17.7 Å². The Bertz CT molecular complexity index is 338. The lowest BCUT2D eigenvalue weighted by molar-refractivity contribution is -0.214. The predicted octanol–water partition coefficient (Wildman–Crippen LogP) is 2.04. The molecule has 0 radical (unpaired) electrons. The number of carbonyl (C=O) groups is 1. The number of aryl methyl sites for hydroxylation is 1. The van der Waals surface area contributed by atoms with Crippen LogP contribution in [0.25, 0.3) is 0 Å². The van der Waals surface area contributed by atoms with E-state index in [1.807, 2.05) is 0 Å². The highest BCUT2D eigenvalue weighted by molar-refractivity contribution is 6.30. The van der Waals surface area contributed by atoms with Gasteiger partial charge in [-0.15, -0.1) is 0 Å². The molecule has 0 saturated carbocycles. The normalized spacial score (nSPS) is 9.86. The van der Waals surface area contributed by atoms with Gasteiger partial charge in [-0.05, 0) is 18.6 Å². The van der Waals surface area contributed by atoms with Gasteiger partial charge >= 0.3 is 5.97 Å². The van der Waals surface area contributed by atoms with E-state index >= 15 is 0 Å². The van der Waals surface area contributed by atoms with Gasteiger partial charge in [0.25, 0.3) is 0 Å². The first-order valence-corrected chi connectivity index (χ1v) is 4.25. The minimum atomic E-state index is -1.09. The van der Waals surface area contributed by atoms with Crippen molar-refractivity contribution < 1.29 is 19.7 Å². The van der Waals surface area contributed by atoms with Crippen LogP contribution in [0.4, 0.5) is 0 Å². The molecule has 0 aromatic heterocycles. The second-order valence-corrected chi connectivity index (χ2v) is 3.09. The standard InChI is InChI=1S/C9H9ClO4/c1-6-2-3-7(10)4-8(6)14-13-5-9(11)12/h2-4H,5H2,1H3,(H,11,12). The van der Waals surface area contributed by atoms with Crippen molar-refractivity contribution in [3.05, 3.63) is 28.8 Å². The number of hydrogen-bond donors (Lipinski definition) is 1. The average Bonchev–Trinajstić information content (AvgIpc) is 2.10. The molecule has 1 N–H and O–H groups in total. The number of carboxylic acid groups (broad SMARTS) is 1. The molecule has 0 atom stereocenters. The van der Waals surface area contributed by atoms with Crippen LogP contribution in [0.5, 0.6) is 5.75 Å². The lowest BCUT2D eigenvalue weighted by Gasteiger charge is -2.05. The summed E-state index contributed by atoms with van der Waals surface area (Å²) in [6.07, 6.45) is 0. The third-order valence-corrected chi connectivity index (χ3v) is 1.72. The first kappa shape index (κ1) is 10.8. The number of rotatable bonds is 4. The highest BCUT2D eigenvalue weighted by Crippen LogP contribution is 2.22. The quantitative estimate of drug-likeness (QED) is 0.618. The van der Waals surface area contributed by atoms with Gasteiger partial charge in [-0.2, -0.15) is 4.89 Å². The Kier molecular flexibility index (Phi) is 3.73. The first-order chi connectivity index (χ1) is 6.59. The van der Waals surface area contributed by atoms with Gasteiger partial charge < -0.3 is 9.99 Å². The third-order valence-electron chi connectivity index (χ3n) is 1.48. The fourth-order valence-electron chi connectivity index (χ4n) is 0.807. The smallest absolute Gasteiger partial charge is 0.334 e. The Morgan fingerprint density at radius 1 is 1.57 bits per heavy atom. The second kappa shape index (κ2) is 4.83. The van der Waals surface area contributed by atoms with Crippen LogP contribution in [0.3, 0.4) is 0 Å². The molecule has 0 aliphatic carbocycles. The van der Waals surface area contributed by atoms with E-state index in [-0.39, 0.29) is 0 Å². The summed E-state index contributed by atoms with van der Waals surface area (Å²) in [5.74, 6) is -0.677. The van der Waals surface area contributed by atoms with Crippen LogP contribution in [0.1, 0.15) is 5.56 Å². The van der Waals surface area contributed by atoms with E-state index < -0.39 is 12.6 Å². The molecule has 0 heterocycles. The summed E-state index contributed by atoms with van der Waals surface area (Å²) < 4.78 is 0. The van der Waals surface area contributed by atoms with E-state index in [9.17, 15) is 4.79 Å². The van der Waals surface area contributed by atoms with Crippen LogP contribution in [-0.4, -0.2) is 17.7 Å². The number of benzene rings is 1. The first-order valence-electron chi connectivity index (χ1n) is 3.87. The summed E-state index contributed by atoms with van der Waals surface area (Å²) in [5.41, 5.74) is 0.819. The topological polar surface area (TPSA) is 55.8 Å². The van der Waals surface area contributed by atoms with E-state index in [0.717, 1.165) is 5.56 Å². The van der Waals surface area contributed by atoms with Crippen molar-refractivity contribution in [1.29, 1.82) is 0 Å². The molecule has 0 aliphatic rings. The Hall–Kier alpha value is -1.26. The van der Waals surface area contributed by atoms with E-state index in [0.29, 0.717) is 10.8 Å². The van der Waals surface area contributed by atoms with Crippen molar-refractivity contribution in [3.63, 3.8) is 0 Å². The van der Waals surface area contributed by atoms with Gasteiger partial charge in [0.15, 0.2) is 12.4 Å². The molecule has 5 heteroatoms. The number of aliphatic carboxylic acids is 1. The molecule has 0 bridgehead atoms. The van der Waals surface area contributed by atoms with Gasteiger partial charge in [-0.3, -0.25) is 0 Å². The molecule has 0 amide bonds. The van der Waals surface area contributed by atoms with Crippen LogP contribution in [0.2, 0.25) is 5.02 Å². The summed E-state index contributed by atoms with van der Waals surface area (Å²) in [4.78, 5) is 19.3. The summed E-state index contributed by atoms with van der Waals surface area (Å²) in [6, 6.07) is 5.02. The molecule has 0 aliphatic heterocycles. The van der Waals surface area contributed by atoms with Gasteiger partial charge in [0.2, 0.25) is 0 Å². The van der Waals surface area contributed by atoms with Crippen molar-refractivity contribution in [2.45, 2.75) is 6.92 Å². The Labute approximate surface area is 85.9 Å². The van der Waals surface area contributed by atoms with Gasteiger partial charge in [0, 0.05) is 11.1 Å². The number of hydrogen-bond acceptors (Lipinski definition) is 3. The van der Waals surface area contributed by atoms with Crippen molar-refractivity contribution in [3.8, 4) is 5.75 Å². The molecule has 1 aromatic carbocycles. The molecule has 76 valence electrons. The zero-order valence-corrected chi connectivity index (χ0v) is 8.25. The van der Waals surface area contributed by atoms with Gasteiger partial charge in [0.05, 0.1) is 0 Å². The van der Waals surface area contributed by atoms with Gasteiger partial charge in [-0.25, -0.2) is 4.79 Å². The monoisotopic (exact) mass is 216 g/mol. The maximum Gasteiger partial charge on any atom is 0.334 e. The number of carboxylic acids is 1. The largest absolute Gasteiger partial charge is 0.479 e. The van der Waals surface area contributed by atoms with Gasteiger partial charge in [0.1, 0.15) is 0 Å². The minimum absolute atomic E-state index is 0.416. The molecule has 1 rings (SSSR count). The molecule has 0 unspecified atom stereocenters. The van der Waals surface area contributed by atoms with Crippen LogP contribution < -0.4 is 4.89 Å². The summed E-state index contributed by atoms with van der Waals surface area (Å²) >= 11 is 5.71. The molecule has 0 fully saturated rings. The van der Waals surface area contributed by atoms with E-state index in [2.05, 4.69) is 4.89 Å². The summed E-state index contributed by atoms with van der Waals surface area (Å²) in [7, 11) is 0. The van der Waals surface area contributed by atoms with Crippen LogP contribution in [0.15, 0.2) is 18.2 Å².